The molecule has 6 nitrogen and oxygen atoms in total. The average molecular weight is 222 g/mol. The first-order valence-corrected chi connectivity index (χ1v) is 5.19. The zero-order valence-corrected chi connectivity index (χ0v) is 9.05. The van der Waals surface area contributed by atoms with Gasteiger partial charge in [0.15, 0.2) is 11.5 Å². The molecule has 1 aliphatic heterocycles. The van der Waals surface area contributed by atoms with Crippen LogP contribution in [0.5, 0.6) is 0 Å². The predicted molar refractivity (Wildman–Crippen MR) is 58.7 cm³/mol. The van der Waals surface area contributed by atoms with Crippen LogP contribution in [0.1, 0.15) is 16.9 Å². The minimum absolute atomic E-state index is 0.0271. The Balaban J connectivity index is 2.24. The van der Waals surface area contributed by atoms with Gasteiger partial charge in [-0.3, -0.25) is 0 Å². The first-order chi connectivity index (χ1) is 7.72. The maximum absolute atomic E-state index is 11.0. The third kappa shape index (κ3) is 1.96. The van der Waals surface area contributed by atoms with Crippen LogP contribution >= 0.6 is 0 Å². The van der Waals surface area contributed by atoms with Crippen LogP contribution in [-0.2, 0) is 0 Å². The van der Waals surface area contributed by atoms with E-state index in [4.69, 9.17) is 5.11 Å². The summed E-state index contributed by atoms with van der Waals surface area (Å²) in [6.07, 6.45) is 3.92. The fourth-order valence-corrected chi connectivity index (χ4v) is 1.90. The van der Waals surface area contributed by atoms with Crippen molar-refractivity contribution in [1.82, 2.24) is 15.3 Å². The highest BCUT2D eigenvalue weighted by atomic mass is 16.4. The van der Waals surface area contributed by atoms with Crippen molar-refractivity contribution < 1.29 is 9.90 Å². The lowest BCUT2D eigenvalue weighted by Crippen LogP contribution is -2.30. The van der Waals surface area contributed by atoms with Crippen LogP contribution in [0.3, 0.4) is 0 Å². The molecule has 1 fully saturated rings. The van der Waals surface area contributed by atoms with Crippen molar-refractivity contribution in [2.45, 2.75) is 12.5 Å². The van der Waals surface area contributed by atoms with Gasteiger partial charge >= 0.3 is 5.97 Å². The maximum Gasteiger partial charge on any atom is 0.358 e. The second-order valence-electron chi connectivity index (χ2n) is 3.75. The normalized spacial score (nSPS) is 20.1. The molecule has 16 heavy (non-hydrogen) atoms. The van der Waals surface area contributed by atoms with Crippen molar-refractivity contribution in [3.05, 3.63) is 18.1 Å². The smallest absolute Gasteiger partial charge is 0.358 e. The quantitative estimate of drug-likeness (QED) is 0.748. The predicted octanol–water partition coefficient (Wildman–Crippen LogP) is -0.0271. The maximum atomic E-state index is 11.0. The molecule has 1 aromatic heterocycles. The Kier molecular flexibility index (Phi) is 3.00. The molecule has 6 heteroatoms. The van der Waals surface area contributed by atoms with E-state index >= 15 is 0 Å². The largest absolute Gasteiger partial charge is 0.476 e. The zero-order valence-electron chi connectivity index (χ0n) is 9.05. The lowest BCUT2D eigenvalue weighted by atomic mass is 10.3. The topological polar surface area (TPSA) is 78.3 Å². The molecule has 2 N–H and O–H groups in total. The number of anilines is 1. The fourth-order valence-electron chi connectivity index (χ4n) is 1.90. The van der Waals surface area contributed by atoms with Crippen molar-refractivity contribution >= 4 is 11.8 Å². The molecule has 2 heterocycles. The number of aromatic carboxylic acids is 1. The van der Waals surface area contributed by atoms with Gasteiger partial charge in [0.25, 0.3) is 0 Å². The Morgan fingerprint density at radius 3 is 2.94 bits per heavy atom. The first kappa shape index (κ1) is 10.8. The summed E-state index contributed by atoms with van der Waals surface area (Å²) in [7, 11) is 1.91. The summed E-state index contributed by atoms with van der Waals surface area (Å²) >= 11 is 0. The summed E-state index contributed by atoms with van der Waals surface area (Å²) in [6.45, 7) is 1.58. The lowest BCUT2D eigenvalue weighted by Gasteiger charge is -2.18. The summed E-state index contributed by atoms with van der Waals surface area (Å²) in [4.78, 5) is 20.9. The molecule has 1 saturated heterocycles. The molecule has 0 unspecified atom stereocenters. The Morgan fingerprint density at radius 2 is 2.31 bits per heavy atom. The summed E-state index contributed by atoms with van der Waals surface area (Å²) in [5.74, 6) is -0.566. The number of carbonyl (C=O) groups is 1. The molecular weight excluding hydrogens is 208 g/mol. The van der Waals surface area contributed by atoms with Crippen molar-refractivity contribution in [3.8, 4) is 0 Å². The summed E-state index contributed by atoms with van der Waals surface area (Å²) in [5.41, 5.74) is 0.0271. The molecule has 1 aliphatic rings. The summed E-state index contributed by atoms with van der Waals surface area (Å²) in [6, 6.07) is 0.392. The van der Waals surface area contributed by atoms with E-state index in [1.807, 2.05) is 11.9 Å². The minimum atomic E-state index is -1.03. The van der Waals surface area contributed by atoms with E-state index in [9.17, 15) is 4.79 Å². The Hall–Kier alpha value is -1.69. The molecule has 0 aliphatic carbocycles. The number of likely N-dealkylation sites (N-methyl/N-ethyl adjacent to an activating group) is 1. The highest BCUT2D eigenvalue weighted by Gasteiger charge is 2.26. The molecule has 2 rings (SSSR count). The van der Waals surface area contributed by atoms with Crippen molar-refractivity contribution in [3.63, 3.8) is 0 Å². The number of nitrogens with one attached hydrogen (secondary N) is 1. The second kappa shape index (κ2) is 4.44. The van der Waals surface area contributed by atoms with Gasteiger partial charge < -0.3 is 15.3 Å². The van der Waals surface area contributed by atoms with Crippen LogP contribution in [0.4, 0.5) is 5.82 Å². The van der Waals surface area contributed by atoms with E-state index < -0.39 is 5.97 Å². The van der Waals surface area contributed by atoms with Crippen molar-refractivity contribution in [2.75, 3.05) is 25.0 Å². The molecule has 0 amide bonds. The third-order valence-electron chi connectivity index (χ3n) is 2.78. The Morgan fingerprint density at radius 1 is 1.56 bits per heavy atom. The van der Waals surface area contributed by atoms with E-state index in [1.54, 1.807) is 0 Å². The Labute approximate surface area is 93.3 Å². The zero-order chi connectivity index (χ0) is 11.5. The van der Waals surface area contributed by atoms with Crippen LogP contribution in [-0.4, -0.2) is 47.2 Å². The van der Waals surface area contributed by atoms with Gasteiger partial charge in [0.05, 0.1) is 0 Å². The number of hydrogen-bond acceptors (Lipinski definition) is 5. The van der Waals surface area contributed by atoms with E-state index in [0.717, 1.165) is 19.5 Å². The molecule has 0 spiro atoms. The number of carboxylic acid groups (broad SMARTS) is 1. The van der Waals surface area contributed by atoms with Crippen LogP contribution in [0.2, 0.25) is 0 Å². The molecule has 0 radical (unpaired) electrons. The highest BCUT2D eigenvalue weighted by molar-refractivity contribution is 5.90. The summed E-state index contributed by atoms with van der Waals surface area (Å²) < 4.78 is 0. The highest BCUT2D eigenvalue weighted by Crippen LogP contribution is 2.20. The van der Waals surface area contributed by atoms with E-state index in [1.165, 1.54) is 12.4 Å². The van der Waals surface area contributed by atoms with E-state index in [-0.39, 0.29) is 5.69 Å². The standard InChI is InChI=1S/C10H14N4O2/c1-11-7-2-5-14(6-7)9-8(10(15)16)12-3-4-13-9/h3-4,7,11H,2,5-6H2,1H3,(H,15,16)/t7-/m1/s1. The van der Waals surface area contributed by atoms with Crippen LogP contribution in [0.25, 0.3) is 0 Å². The second-order valence-corrected chi connectivity index (χ2v) is 3.75. The van der Waals surface area contributed by atoms with Gasteiger partial charge in [-0.1, -0.05) is 0 Å². The van der Waals surface area contributed by atoms with Gasteiger partial charge in [-0.25, -0.2) is 14.8 Å². The van der Waals surface area contributed by atoms with Gasteiger partial charge in [-0.05, 0) is 13.5 Å². The molecule has 1 aromatic rings. The van der Waals surface area contributed by atoms with E-state index in [2.05, 4.69) is 15.3 Å². The number of carboxylic acids is 1. The molecule has 86 valence electrons. The van der Waals surface area contributed by atoms with Gasteiger partial charge in [-0.2, -0.15) is 0 Å². The molecule has 0 bridgehead atoms. The number of aromatic nitrogens is 2. The minimum Gasteiger partial charge on any atom is -0.476 e. The molecular formula is C10H14N4O2. The van der Waals surface area contributed by atoms with Gasteiger partial charge in [-0.15, -0.1) is 0 Å². The Bertz CT molecular complexity index is 396. The average Bonchev–Trinajstić information content (AvgIpc) is 2.77. The van der Waals surface area contributed by atoms with Crippen LogP contribution in [0, 0.1) is 0 Å². The van der Waals surface area contributed by atoms with Gasteiger partial charge in [0.1, 0.15) is 0 Å². The van der Waals surface area contributed by atoms with Crippen molar-refractivity contribution in [2.24, 2.45) is 0 Å². The van der Waals surface area contributed by atoms with Crippen molar-refractivity contribution in [1.29, 1.82) is 0 Å². The number of nitrogens with zero attached hydrogens (tertiary/aromatic N) is 3. The summed E-state index contributed by atoms with van der Waals surface area (Å²) in [5, 5.41) is 12.2. The molecule has 0 aromatic carbocycles. The molecule has 1 atom stereocenters. The van der Waals surface area contributed by atoms with Crippen LogP contribution in [0.15, 0.2) is 12.4 Å². The third-order valence-corrected chi connectivity index (χ3v) is 2.78. The lowest BCUT2D eigenvalue weighted by molar-refractivity contribution is 0.0691. The fraction of sp³-hybridized carbons (Fsp3) is 0.500. The number of rotatable bonds is 3. The van der Waals surface area contributed by atoms with Gasteiger partial charge in [0.2, 0.25) is 0 Å². The monoisotopic (exact) mass is 222 g/mol. The first-order valence-electron chi connectivity index (χ1n) is 5.19. The SMILES string of the molecule is CN[C@@H]1CCN(c2nccnc2C(=O)O)C1. The molecule has 0 saturated carbocycles. The van der Waals surface area contributed by atoms with Crippen LogP contribution < -0.4 is 10.2 Å². The van der Waals surface area contributed by atoms with Gasteiger partial charge in [0, 0.05) is 31.5 Å². The van der Waals surface area contributed by atoms with E-state index in [0.29, 0.717) is 11.9 Å². The number of hydrogen-bond donors (Lipinski definition) is 2.